The first kappa shape index (κ1) is 30.2. The van der Waals surface area contributed by atoms with Gasteiger partial charge in [-0.2, -0.15) is 0 Å². The Morgan fingerprint density at radius 3 is 2.50 bits per heavy atom. The van der Waals surface area contributed by atoms with Gasteiger partial charge in [0.25, 0.3) is 5.91 Å². The third kappa shape index (κ3) is 7.55. The number of hydrogen-bond donors (Lipinski definition) is 4. The maximum Gasteiger partial charge on any atom is 0.252 e. The fourth-order valence-corrected chi connectivity index (χ4v) is 6.43. The van der Waals surface area contributed by atoms with Crippen LogP contribution in [-0.4, -0.2) is 74.7 Å². The summed E-state index contributed by atoms with van der Waals surface area (Å²) < 4.78 is 10.7. The molecule has 0 radical (unpaired) electrons. The number of carbonyl (C=O) groups is 5. The summed E-state index contributed by atoms with van der Waals surface area (Å²) in [5.41, 5.74) is -0.0938. The number of amides is 2. The van der Waals surface area contributed by atoms with Gasteiger partial charge in [0.15, 0.2) is 17.3 Å². The summed E-state index contributed by atoms with van der Waals surface area (Å²) in [5.74, 6) is 0.375. The number of ether oxygens (including phenoxy) is 2. The molecular formula is C31H42N4O7. The molecule has 2 heterocycles. The van der Waals surface area contributed by atoms with E-state index in [9.17, 15) is 24.0 Å². The number of Topliss-reactive ketones (excluding diaryl/α,β-unsaturated/α-hetero) is 1. The van der Waals surface area contributed by atoms with Crippen LogP contribution < -0.4 is 30.7 Å². The molecule has 11 heteroatoms. The van der Waals surface area contributed by atoms with Crippen LogP contribution in [0.25, 0.3) is 0 Å². The number of ketones is 1. The van der Waals surface area contributed by atoms with Crippen molar-refractivity contribution in [3.63, 3.8) is 0 Å². The Labute approximate surface area is 246 Å². The number of rotatable bonds is 16. The minimum absolute atomic E-state index is 0.0101. The second kappa shape index (κ2) is 13.8. The van der Waals surface area contributed by atoms with Crippen LogP contribution in [0.1, 0.15) is 74.6 Å². The zero-order chi connectivity index (χ0) is 29.5. The molecule has 0 spiro atoms. The molecule has 1 saturated heterocycles. The fourth-order valence-electron chi connectivity index (χ4n) is 6.43. The molecule has 5 rings (SSSR count). The van der Waals surface area contributed by atoms with E-state index in [2.05, 4.69) is 21.3 Å². The number of carbonyl (C=O) groups excluding carboxylic acids is 5. The van der Waals surface area contributed by atoms with E-state index < -0.39 is 17.5 Å². The zero-order valence-corrected chi connectivity index (χ0v) is 24.0. The zero-order valence-electron chi connectivity index (χ0n) is 24.0. The molecule has 3 fully saturated rings. The maximum absolute atomic E-state index is 13.3. The Kier molecular flexibility index (Phi) is 9.89. The van der Waals surface area contributed by atoms with Crippen LogP contribution in [-0.2, 0) is 19.2 Å². The van der Waals surface area contributed by atoms with E-state index in [1.54, 1.807) is 18.2 Å². The van der Waals surface area contributed by atoms with Gasteiger partial charge in [-0.05, 0) is 63.1 Å². The van der Waals surface area contributed by atoms with Crippen LogP contribution in [0.3, 0.4) is 0 Å². The Bertz CT molecular complexity index is 1160. The van der Waals surface area contributed by atoms with Gasteiger partial charge in [-0.25, -0.2) is 0 Å². The summed E-state index contributed by atoms with van der Waals surface area (Å²) >= 11 is 0. The smallest absolute Gasteiger partial charge is 0.252 e. The van der Waals surface area contributed by atoms with Gasteiger partial charge in [0.2, 0.25) is 12.7 Å². The van der Waals surface area contributed by atoms with E-state index in [1.165, 1.54) is 0 Å². The Morgan fingerprint density at radius 2 is 1.81 bits per heavy atom. The average Bonchev–Trinajstić information content (AvgIpc) is 3.62. The van der Waals surface area contributed by atoms with Gasteiger partial charge in [-0.3, -0.25) is 14.4 Å². The van der Waals surface area contributed by atoms with E-state index in [0.717, 1.165) is 57.5 Å². The molecule has 2 saturated carbocycles. The normalized spacial score (nSPS) is 23.0. The van der Waals surface area contributed by atoms with Gasteiger partial charge in [0.05, 0.1) is 6.04 Å². The van der Waals surface area contributed by atoms with Crippen molar-refractivity contribution in [1.29, 1.82) is 0 Å². The second-order valence-corrected chi connectivity index (χ2v) is 12.3. The SMILES string of the molecule is O=C[C@H](C[C@@H]1CCNC1=O)NC[C@H](CC1(C=O)CCCCC1)NC[C@H](NC(=O)c1ccc2c(c1)OCO2)C(=O)C1CC1. The summed E-state index contributed by atoms with van der Waals surface area (Å²) in [6.45, 7) is 1.30. The monoisotopic (exact) mass is 582 g/mol. The standard InChI is InChI=1S/C31H42N4O7/c36-17-23(12-22-8-11-32-29(22)39)33-15-24(14-31(18-37)9-2-1-3-10-31)34-16-25(28(38)20-4-5-20)35-30(40)21-6-7-26-27(13-21)42-19-41-26/h6-7,13,17-18,20,22-25,33-34H,1-5,8-12,14-16,19H2,(H,32,39)(H,35,40)/t22-,23-,24-,25-/m0/s1. The fraction of sp³-hybridized carbons (Fsp3) is 0.645. The van der Waals surface area contributed by atoms with Crippen LogP contribution >= 0.6 is 0 Å². The van der Waals surface area contributed by atoms with Crippen LogP contribution in [0.4, 0.5) is 0 Å². The highest BCUT2D eigenvalue weighted by Gasteiger charge is 2.38. The van der Waals surface area contributed by atoms with Crippen LogP contribution in [0.5, 0.6) is 11.5 Å². The van der Waals surface area contributed by atoms with Crippen molar-refractivity contribution in [2.75, 3.05) is 26.4 Å². The highest BCUT2D eigenvalue weighted by Crippen LogP contribution is 2.38. The molecule has 2 aliphatic carbocycles. The van der Waals surface area contributed by atoms with Crippen LogP contribution in [0.15, 0.2) is 18.2 Å². The third-order valence-electron chi connectivity index (χ3n) is 9.12. The van der Waals surface area contributed by atoms with Gasteiger partial charge in [-0.1, -0.05) is 19.3 Å². The molecule has 2 amide bonds. The summed E-state index contributed by atoms with van der Waals surface area (Å²) in [7, 11) is 0. The lowest BCUT2D eigenvalue weighted by Gasteiger charge is -2.36. The molecule has 4 N–H and O–H groups in total. The summed E-state index contributed by atoms with van der Waals surface area (Å²) in [6, 6.07) is 3.44. The molecule has 0 aromatic heterocycles. The summed E-state index contributed by atoms with van der Waals surface area (Å²) in [5, 5.41) is 12.5. The first-order valence-corrected chi connectivity index (χ1v) is 15.3. The largest absolute Gasteiger partial charge is 0.454 e. The summed E-state index contributed by atoms with van der Waals surface area (Å²) in [6.07, 6.45) is 9.89. The van der Waals surface area contributed by atoms with Crippen LogP contribution in [0, 0.1) is 17.3 Å². The topological polar surface area (TPSA) is 152 Å². The lowest BCUT2D eigenvalue weighted by molar-refractivity contribution is -0.123. The predicted molar refractivity (Wildman–Crippen MR) is 153 cm³/mol. The van der Waals surface area contributed by atoms with E-state index in [-0.39, 0.29) is 48.8 Å². The highest BCUT2D eigenvalue weighted by molar-refractivity contribution is 5.99. The molecule has 4 atom stereocenters. The Hall–Kier alpha value is -3.31. The van der Waals surface area contributed by atoms with E-state index in [0.29, 0.717) is 49.4 Å². The Morgan fingerprint density at radius 1 is 1.02 bits per heavy atom. The molecule has 228 valence electrons. The molecule has 1 aromatic rings. The highest BCUT2D eigenvalue weighted by atomic mass is 16.7. The van der Waals surface area contributed by atoms with Crippen molar-refractivity contribution in [2.24, 2.45) is 17.3 Å². The van der Waals surface area contributed by atoms with Crippen LogP contribution in [0.2, 0.25) is 0 Å². The van der Waals surface area contributed by atoms with Gasteiger partial charge >= 0.3 is 0 Å². The molecule has 11 nitrogen and oxygen atoms in total. The molecule has 0 bridgehead atoms. The van der Waals surface area contributed by atoms with Crippen molar-refractivity contribution in [1.82, 2.24) is 21.3 Å². The van der Waals surface area contributed by atoms with Gasteiger partial charge in [-0.15, -0.1) is 0 Å². The molecule has 4 aliphatic rings. The lowest BCUT2D eigenvalue weighted by atomic mass is 9.71. The minimum atomic E-state index is -0.750. The maximum atomic E-state index is 13.3. The van der Waals surface area contributed by atoms with Crippen molar-refractivity contribution >= 4 is 30.2 Å². The van der Waals surface area contributed by atoms with Gasteiger partial charge in [0, 0.05) is 48.5 Å². The molecule has 42 heavy (non-hydrogen) atoms. The molecule has 2 aliphatic heterocycles. The number of aldehydes is 2. The second-order valence-electron chi connectivity index (χ2n) is 12.3. The minimum Gasteiger partial charge on any atom is -0.454 e. The number of fused-ring (bicyclic) bond motifs is 1. The lowest BCUT2D eigenvalue weighted by Crippen LogP contribution is -2.53. The van der Waals surface area contributed by atoms with Crippen molar-refractivity contribution in [2.45, 2.75) is 82.3 Å². The Balaban J connectivity index is 1.26. The molecule has 0 unspecified atom stereocenters. The van der Waals surface area contributed by atoms with E-state index >= 15 is 0 Å². The number of hydrogen-bond acceptors (Lipinski definition) is 9. The van der Waals surface area contributed by atoms with Crippen molar-refractivity contribution in [3.05, 3.63) is 23.8 Å². The van der Waals surface area contributed by atoms with Gasteiger partial charge in [0.1, 0.15) is 18.6 Å². The van der Waals surface area contributed by atoms with Gasteiger partial charge < -0.3 is 40.3 Å². The predicted octanol–water partition coefficient (Wildman–Crippen LogP) is 1.67. The average molecular weight is 583 g/mol. The molecule has 1 aromatic carbocycles. The first-order valence-electron chi connectivity index (χ1n) is 15.3. The number of benzene rings is 1. The third-order valence-corrected chi connectivity index (χ3v) is 9.12. The number of nitrogens with one attached hydrogen (secondary N) is 4. The van der Waals surface area contributed by atoms with Crippen molar-refractivity contribution < 1.29 is 33.4 Å². The quantitative estimate of drug-likeness (QED) is 0.213. The van der Waals surface area contributed by atoms with E-state index in [4.69, 9.17) is 9.47 Å². The molecular weight excluding hydrogens is 540 g/mol. The van der Waals surface area contributed by atoms with Crippen molar-refractivity contribution in [3.8, 4) is 11.5 Å². The van der Waals surface area contributed by atoms with E-state index in [1.807, 2.05) is 0 Å². The summed E-state index contributed by atoms with van der Waals surface area (Å²) in [4.78, 5) is 62.8. The first-order chi connectivity index (χ1) is 20.4.